The molecule has 1 heterocycles. The van der Waals surface area contributed by atoms with E-state index in [9.17, 15) is 0 Å². The van der Waals surface area contributed by atoms with Gasteiger partial charge in [-0.05, 0) is 43.8 Å². The van der Waals surface area contributed by atoms with E-state index in [1.54, 1.807) is 0 Å². The Morgan fingerprint density at radius 3 is 2.94 bits per heavy atom. The summed E-state index contributed by atoms with van der Waals surface area (Å²) in [5, 5.41) is 7.79. The predicted molar refractivity (Wildman–Crippen MR) is 68.5 cm³/mol. The molecule has 0 unspecified atom stereocenters. The maximum absolute atomic E-state index is 4.33. The van der Waals surface area contributed by atoms with Crippen LogP contribution in [0.4, 0.5) is 0 Å². The first-order valence-electron chi connectivity index (χ1n) is 6.44. The summed E-state index contributed by atoms with van der Waals surface area (Å²) in [4.78, 5) is 0. The highest BCUT2D eigenvalue weighted by Crippen LogP contribution is 2.02. The van der Waals surface area contributed by atoms with Crippen LogP contribution in [-0.2, 0) is 13.0 Å². The molecular weight excluding hydrogens is 198 g/mol. The number of nitrogens with one attached hydrogen (secondary N) is 1. The first-order valence-corrected chi connectivity index (χ1v) is 6.44. The zero-order valence-corrected chi connectivity index (χ0v) is 10.9. The molecule has 1 aromatic heterocycles. The molecule has 92 valence electrons. The lowest BCUT2D eigenvalue weighted by molar-refractivity contribution is 0.543. The fourth-order valence-electron chi connectivity index (χ4n) is 1.70. The first kappa shape index (κ1) is 13.2. The lowest BCUT2D eigenvalue weighted by Gasteiger charge is -2.06. The summed E-state index contributed by atoms with van der Waals surface area (Å²) >= 11 is 0. The Morgan fingerprint density at radius 2 is 2.25 bits per heavy atom. The van der Waals surface area contributed by atoms with Crippen LogP contribution in [-0.4, -0.2) is 22.9 Å². The van der Waals surface area contributed by atoms with Gasteiger partial charge in [0.1, 0.15) is 0 Å². The van der Waals surface area contributed by atoms with E-state index in [-0.39, 0.29) is 0 Å². The molecule has 0 aliphatic heterocycles. The summed E-state index contributed by atoms with van der Waals surface area (Å²) in [6.07, 6.45) is 7.65. The molecule has 0 aliphatic carbocycles. The van der Waals surface area contributed by atoms with Crippen molar-refractivity contribution in [1.29, 1.82) is 0 Å². The second kappa shape index (κ2) is 7.44. The van der Waals surface area contributed by atoms with E-state index < -0.39 is 0 Å². The van der Waals surface area contributed by atoms with Crippen LogP contribution in [0.15, 0.2) is 12.4 Å². The van der Waals surface area contributed by atoms with Crippen molar-refractivity contribution in [2.45, 2.75) is 46.6 Å². The van der Waals surface area contributed by atoms with Crippen LogP contribution in [0.1, 0.15) is 39.2 Å². The van der Waals surface area contributed by atoms with Gasteiger partial charge in [0, 0.05) is 12.7 Å². The van der Waals surface area contributed by atoms with E-state index in [4.69, 9.17) is 0 Å². The van der Waals surface area contributed by atoms with E-state index >= 15 is 0 Å². The Balaban J connectivity index is 2.12. The minimum atomic E-state index is 0.743. The number of hydrogen-bond acceptors (Lipinski definition) is 2. The zero-order valence-electron chi connectivity index (χ0n) is 10.9. The Morgan fingerprint density at radius 1 is 1.44 bits per heavy atom. The largest absolute Gasteiger partial charge is 0.316 e. The molecule has 0 aromatic carbocycles. The molecule has 0 saturated carbocycles. The van der Waals surface area contributed by atoms with Crippen molar-refractivity contribution in [3.63, 3.8) is 0 Å². The van der Waals surface area contributed by atoms with Crippen LogP contribution >= 0.6 is 0 Å². The van der Waals surface area contributed by atoms with Crippen LogP contribution in [0, 0.1) is 5.92 Å². The van der Waals surface area contributed by atoms with Gasteiger partial charge in [0.2, 0.25) is 0 Å². The van der Waals surface area contributed by atoms with Crippen molar-refractivity contribution in [3.05, 3.63) is 18.0 Å². The summed E-state index contributed by atoms with van der Waals surface area (Å²) in [5.74, 6) is 0.743. The predicted octanol–water partition coefficient (Wildman–Crippen LogP) is 2.47. The summed E-state index contributed by atoms with van der Waals surface area (Å²) < 4.78 is 2.04. The molecule has 3 nitrogen and oxygen atoms in total. The number of hydrogen-bond donors (Lipinski definition) is 1. The number of rotatable bonds is 8. The smallest absolute Gasteiger partial charge is 0.0521 e. The van der Waals surface area contributed by atoms with Gasteiger partial charge in [0.05, 0.1) is 6.20 Å². The Kier molecular flexibility index (Phi) is 6.16. The topological polar surface area (TPSA) is 29.9 Å². The fraction of sp³-hybridized carbons (Fsp3) is 0.769. The second-order valence-electron chi connectivity index (χ2n) is 4.81. The summed E-state index contributed by atoms with van der Waals surface area (Å²) in [6, 6.07) is 0. The van der Waals surface area contributed by atoms with E-state index in [0.717, 1.165) is 38.4 Å². The Labute approximate surface area is 99.2 Å². The summed E-state index contributed by atoms with van der Waals surface area (Å²) in [6.45, 7) is 9.92. The third-order valence-electron chi connectivity index (χ3n) is 2.51. The monoisotopic (exact) mass is 223 g/mol. The molecule has 0 aliphatic rings. The van der Waals surface area contributed by atoms with Gasteiger partial charge in [-0.1, -0.05) is 20.8 Å². The lowest BCUT2D eigenvalue weighted by Crippen LogP contribution is -2.20. The van der Waals surface area contributed by atoms with Crippen LogP contribution in [0.5, 0.6) is 0 Å². The van der Waals surface area contributed by atoms with Gasteiger partial charge < -0.3 is 5.32 Å². The molecule has 16 heavy (non-hydrogen) atoms. The van der Waals surface area contributed by atoms with Gasteiger partial charge in [0.15, 0.2) is 0 Å². The summed E-state index contributed by atoms with van der Waals surface area (Å²) in [7, 11) is 0. The Bertz CT molecular complexity index is 278. The molecule has 0 amide bonds. The SMILES string of the molecule is CCCn1cc(CCCNCC(C)C)cn1. The van der Waals surface area contributed by atoms with Crippen LogP contribution in [0.3, 0.4) is 0 Å². The van der Waals surface area contributed by atoms with Crippen molar-refractivity contribution >= 4 is 0 Å². The van der Waals surface area contributed by atoms with Gasteiger partial charge in [-0.2, -0.15) is 5.10 Å². The molecule has 1 N–H and O–H groups in total. The fourth-order valence-corrected chi connectivity index (χ4v) is 1.70. The van der Waals surface area contributed by atoms with Gasteiger partial charge in [0.25, 0.3) is 0 Å². The third kappa shape index (κ3) is 5.31. The van der Waals surface area contributed by atoms with Gasteiger partial charge in [-0.3, -0.25) is 4.68 Å². The molecule has 0 radical (unpaired) electrons. The maximum Gasteiger partial charge on any atom is 0.0521 e. The molecule has 0 bridgehead atoms. The van der Waals surface area contributed by atoms with E-state index in [1.165, 1.54) is 12.0 Å². The highest BCUT2D eigenvalue weighted by atomic mass is 15.3. The highest BCUT2D eigenvalue weighted by Gasteiger charge is 1.98. The molecule has 0 spiro atoms. The zero-order chi connectivity index (χ0) is 11.8. The quantitative estimate of drug-likeness (QED) is 0.686. The third-order valence-corrected chi connectivity index (χ3v) is 2.51. The van der Waals surface area contributed by atoms with Gasteiger partial charge in [-0.25, -0.2) is 0 Å². The molecule has 0 saturated heterocycles. The number of nitrogens with zero attached hydrogens (tertiary/aromatic N) is 2. The summed E-state index contributed by atoms with van der Waals surface area (Å²) in [5.41, 5.74) is 1.36. The highest BCUT2D eigenvalue weighted by molar-refractivity contribution is 5.03. The number of aryl methyl sites for hydroxylation is 2. The minimum Gasteiger partial charge on any atom is -0.316 e. The number of aromatic nitrogens is 2. The molecule has 1 aromatic rings. The molecule has 1 rings (SSSR count). The van der Waals surface area contributed by atoms with Crippen molar-refractivity contribution in [2.24, 2.45) is 5.92 Å². The van der Waals surface area contributed by atoms with E-state index in [2.05, 4.69) is 37.4 Å². The van der Waals surface area contributed by atoms with Gasteiger partial charge in [-0.15, -0.1) is 0 Å². The van der Waals surface area contributed by atoms with E-state index in [0.29, 0.717) is 0 Å². The minimum absolute atomic E-state index is 0.743. The Hall–Kier alpha value is -0.830. The van der Waals surface area contributed by atoms with Crippen LogP contribution < -0.4 is 5.32 Å². The average Bonchev–Trinajstić information content (AvgIpc) is 2.65. The molecule has 3 heteroatoms. The van der Waals surface area contributed by atoms with Crippen molar-refractivity contribution < 1.29 is 0 Å². The van der Waals surface area contributed by atoms with Crippen LogP contribution in [0.2, 0.25) is 0 Å². The second-order valence-corrected chi connectivity index (χ2v) is 4.81. The normalized spacial score (nSPS) is 11.2. The van der Waals surface area contributed by atoms with Crippen LogP contribution in [0.25, 0.3) is 0 Å². The van der Waals surface area contributed by atoms with Crippen molar-refractivity contribution in [1.82, 2.24) is 15.1 Å². The van der Waals surface area contributed by atoms with Crippen molar-refractivity contribution in [2.75, 3.05) is 13.1 Å². The molecule has 0 atom stereocenters. The average molecular weight is 223 g/mol. The standard InChI is InChI=1S/C13H25N3/c1-4-8-16-11-13(10-15-16)6-5-7-14-9-12(2)3/h10-12,14H,4-9H2,1-3H3. The maximum atomic E-state index is 4.33. The van der Waals surface area contributed by atoms with E-state index in [1.807, 2.05) is 10.9 Å². The van der Waals surface area contributed by atoms with Crippen molar-refractivity contribution in [3.8, 4) is 0 Å². The van der Waals surface area contributed by atoms with Gasteiger partial charge >= 0.3 is 0 Å². The lowest BCUT2D eigenvalue weighted by atomic mass is 10.2. The molecule has 0 fully saturated rings. The molecular formula is C13H25N3. The first-order chi connectivity index (χ1) is 7.72.